The van der Waals surface area contributed by atoms with Gasteiger partial charge >= 0.3 is 0 Å². The second-order valence-electron chi connectivity index (χ2n) is 5.36. The maximum absolute atomic E-state index is 13.2. The Morgan fingerprint density at radius 1 is 1.47 bits per heavy atom. The van der Waals surface area contributed by atoms with E-state index in [4.69, 9.17) is 0 Å². The summed E-state index contributed by atoms with van der Waals surface area (Å²) in [5, 5.41) is 7.47. The monoisotopic (exact) mass is 272 g/mol. The average molecular weight is 272 g/mol. The maximum atomic E-state index is 13.2. The molecule has 1 saturated carbocycles. The third-order valence-corrected chi connectivity index (χ3v) is 4.00. The van der Waals surface area contributed by atoms with Crippen LogP contribution in [0.2, 0.25) is 0 Å². The first-order chi connectivity index (χ1) is 9.02. The van der Waals surface area contributed by atoms with Crippen LogP contribution in [0.3, 0.4) is 0 Å². The highest BCUT2D eigenvalue weighted by molar-refractivity contribution is 4.93. The van der Waals surface area contributed by atoms with Crippen molar-refractivity contribution in [3.8, 4) is 0 Å². The van der Waals surface area contributed by atoms with Crippen LogP contribution in [0.25, 0.3) is 0 Å². The van der Waals surface area contributed by atoms with Crippen LogP contribution in [0.15, 0.2) is 6.33 Å². The Balaban J connectivity index is 1.98. The summed E-state index contributed by atoms with van der Waals surface area (Å²) in [6.45, 7) is 2.89. The van der Waals surface area contributed by atoms with E-state index >= 15 is 0 Å². The average Bonchev–Trinajstić information content (AvgIpc) is 2.75. The summed E-state index contributed by atoms with van der Waals surface area (Å²) in [4.78, 5) is 4.22. The van der Waals surface area contributed by atoms with Crippen LogP contribution < -0.4 is 5.32 Å². The lowest BCUT2D eigenvalue weighted by molar-refractivity contribution is -0.0495. The van der Waals surface area contributed by atoms with Crippen LogP contribution in [0.5, 0.6) is 0 Å². The van der Waals surface area contributed by atoms with Gasteiger partial charge in [-0.3, -0.25) is 4.68 Å². The Kier molecular flexibility index (Phi) is 4.50. The molecule has 0 spiro atoms. The SMILES string of the molecule is CCNC(Cc1ncnn1C)C1CCC(F)(F)CC1. The first-order valence-corrected chi connectivity index (χ1v) is 6.96. The van der Waals surface area contributed by atoms with E-state index in [2.05, 4.69) is 15.4 Å². The molecule has 0 radical (unpaired) electrons. The minimum absolute atomic E-state index is 0.0123. The molecule has 0 aliphatic heterocycles. The highest BCUT2D eigenvalue weighted by Gasteiger charge is 2.37. The molecule has 1 fully saturated rings. The molecule has 108 valence electrons. The summed E-state index contributed by atoms with van der Waals surface area (Å²) in [5.41, 5.74) is 0. The lowest BCUT2D eigenvalue weighted by atomic mass is 9.81. The lowest BCUT2D eigenvalue weighted by Gasteiger charge is -2.34. The number of alkyl halides is 2. The predicted octanol–water partition coefficient (Wildman–Crippen LogP) is 2.16. The van der Waals surface area contributed by atoms with Gasteiger partial charge < -0.3 is 5.32 Å². The maximum Gasteiger partial charge on any atom is 0.248 e. The molecule has 0 amide bonds. The van der Waals surface area contributed by atoms with Gasteiger partial charge in [0.15, 0.2) is 0 Å². The van der Waals surface area contributed by atoms with Gasteiger partial charge in [0.25, 0.3) is 0 Å². The fourth-order valence-electron chi connectivity index (χ4n) is 2.83. The first-order valence-electron chi connectivity index (χ1n) is 6.96. The van der Waals surface area contributed by atoms with Gasteiger partial charge in [-0.2, -0.15) is 5.10 Å². The normalized spacial score (nSPS) is 21.5. The molecule has 6 heteroatoms. The zero-order valence-corrected chi connectivity index (χ0v) is 11.6. The summed E-state index contributed by atoms with van der Waals surface area (Å²) in [6.07, 6.45) is 3.48. The molecule has 19 heavy (non-hydrogen) atoms. The third-order valence-electron chi connectivity index (χ3n) is 4.00. The van der Waals surface area contributed by atoms with Crippen molar-refractivity contribution in [2.75, 3.05) is 6.54 Å². The topological polar surface area (TPSA) is 42.7 Å². The van der Waals surface area contributed by atoms with E-state index in [-0.39, 0.29) is 18.9 Å². The largest absolute Gasteiger partial charge is 0.314 e. The molecule has 1 aliphatic rings. The van der Waals surface area contributed by atoms with Gasteiger partial charge in [0.1, 0.15) is 12.2 Å². The van der Waals surface area contributed by atoms with Crippen molar-refractivity contribution in [2.24, 2.45) is 13.0 Å². The van der Waals surface area contributed by atoms with Crippen LogP contribution in [0, 0.1) is 5.92 Å². The fraction of sp³-hybridized carbons (Fsp3) is 0.846. The molecule has 1 aliphatic carbocycles. The predicted molar refractivity (Wildman–Crippen MR) is 69.1 cm³/mol. The van der Waals surface area contributed by atoms with Crippen LogP contribution >= 0.6 is 0 Å². The second-order valence-corrected chi connectivity index (χ2v) is 5.36. The van der Waals surface area contributed by atoms with Crippen LogP contribution in [-0.4, -0.2) is 33.3 Å². The summed E-state index contributed by atoms with van der Waals surface area (Å²) >= 11 is 0. The van der Waals surface area contributed by atoms with Gasteiger partial charge in [-0.25, -0.2) is 13.8 Å². The van der Waals surface area contributed by atoms with E-state index in [1.165, 1.54) is 6.33 Å². The lowest BCUT2D eigenvalue weighted by Crippen LogP contribution is -2.41. The van der Waals surface area contributed by atoms with E-state index in [1.54, 1.807) is 4.68 Å². The molecule has 1 N–H and O–H groups in total. The zero-order valence-electron chi connectivity index (χ0n) is 11.6. The van der Waals surface area contributed by atoms with E-state index in [0.29, 0.717) is 18.8 Å². The number of nitrogens with zero attached hydrogens (tertiary/aromatic N) is 3. The Bertz CT molecular complexity index is 395. The van der Waals surface area contributed by atoms with Gasteiger partial charge in [0.2, 0.25) is 5.92 Å². The molecular formula is C13H22F2N4. The molecule has 0 saturated heterocycles. The summed E-state index contributed by atoms with van der Waals surface area (Å²) in [7, 11) is 1.86. The molecule has 1 unspecified atom stereocenters. The zero-order chi connectivity index (χ0) is 13.9. The highest BCUT2D eigenvalue weighted by atomic mass is 19.3. The van der Waals surface area contributed by atoms with E-state index in [0.717, 1.165) is 18.8 Å². The smallest absolute Gasteiger partial charge is 0.248 e. The van der Waals surface area contributed by atoms with Crippen molar-refractivity contribution >= 4 is 0 Å². The number of aromatic nitrogens is 3. The number of likely N-dealkylation sites (N-methyl/N-ethyl adjacent to an activating group) is 1. The number of rotatable bonds is 5. The van der Waals surface area contributed by atoms with E-state index in [1.807, 2.05) is 14.0 Å². The molecule has 1 atom stereocenters. The van der Waals surface area contributed by atoms with Crippen molar-refractivity contribution < 1.29 is 8.78 Å². The molecule has 0 bridgehead atoms. The van der Waals surface area contributed by atoms with Crippen molar-refractivity contribution in [1.29, 1.82) is 0 Å². The number of halogens is 2. The molecule has 0 aromatic carbocycles. The summed E-state index contributed by atoms with van der Waals surface area (Å²) < 4.78 is 28.2. The van der Waals surface area contributed by atoms with Crippen LogP contribution in [-0.2, 0) is 13.5 Å². The van der Waals surface area contributed by atoms with Gasteiger partial charge in [-0.15, -0.1) is 0 Å². The van der Waals surface area contributed by atoms with Crippen molar-refractivity contribution in [1.82, 2.24) is 20.1 Å². The number of nitrogens with one attached hydrogen (secondary N) is 1. The molecule has 1 aromatic rings. The second kappa shape index (κ2) is 5.94. The minimum atomic E-state index is -2.46. The molecule has 2 rings (SSSR count). The van der Waals surface area contributed by atoms with E-state index < -0.39 is 5.92 Å². The number of aryl methyl sites for hydroxylation is 1. The van der Waals surface area contributed by atoms with Crippen LogP contribution in [0.1, 0.15) is 38.4 Å². The number of hydrogen-bond acceptors (Lipinski definition) is 3. The van der Waals surface area contributed by atoms with Crippen LogP contribution in [0.4, 0.5) is 8.78 Å². The Hall–Kier alpha value is -1.04. The molecule has 1 aromatic heterocycles. The van der Waals surface area contributed by atoms with E-state index in [9.17, 15) is 8.78 Å². The van der Waals surface area contributed by atoms with Crippen molar-refractivity contribution in [2.45, 2.75) is 51.0 Å². The third kappa shape index (κ3) is 3.72. The van der Waals surface area contributed by atoms with Gasteiger partial charge in [0.05, 0.1) is 0 Å². The van der Waals surface area contributed by atoms with Crippen molar-refractivity contribution in [3.63, 3.8) is 0 Å². The molecular weight excluding hydrogens is 250 g/mol. The summed E-state index contributed by atoms with van der Waals surface area (Å²) in [6, 6.07) is 0.212. The van der Waals surface area contributed by atoms with Gasteiger partial charge in [0, 0.05) is 32.4 Å². The van der Waals surface area contributed by atoms with Gasteiger partial charge in [-0.05, 0) is 25.3 Å². The highest BCUT2D eigenvalue weighted by Crippen LogP contribution is 2.37. The minimum Gasteiger partial charge on any atom is -0.314 e. The summed E-state index contributed by atoms with van der Waals surface area (Å²) in [5.74, 6) is -1.25. The number of hydrogen-bond donors (Lipinski definition) is 1. The standard InChI is InChI=1S/C13H22F2N4/c1-3-16-11(8-12-17-9-18-19(12)2)10-4-6-13(14,15)7-5-10/h9-11,16H,3-8H2,1-2H3. The fourth-order valence-corrected chi connectivity index (χ4v) is 2.83. The molecule has 1 heterocycles. The van der Waals surface area contributed by atoms with Gasteiger partial charge in [-0.1, -0.05) is 6.92 Å². The Morgan fingerprint density at radius 3 is 2.68 bits per heavy atom. The Labute approximate surface area is 112 Å². The quantitative estimate of drug-likeness (QED) is 0.893. The Morgan fingerprint density at radius 2 is 2.16 bits per heavy atom. The molecule has 4 nitrogen and oxygen atoms in total. The first kappa shape index (κ1) is 14.4. The van der Waals surface area contributed by atoms with Crippen molar-refractivity contribution in [3.05, 3.63) is 12.2 Å².